The average molecular weight is 416 g/mol. The molecule has 0 aromatic heterocycles. The highest BCUT2D eigenvalue weighted by molar-refractivity contribution is 9.10. The van der Waals surface area contributed by atoms with E-state index in [0.29, 0.717) is 0 Å². The summed E-state index contributed by atoms with van der Waals surface area (Å²) < 4.78 is 16.9. The normalized spacial score (nSPS) is 11.9. The van der Waals surface area contributed by atoms with Crippen LogP contribution in [0.5, 0.6) is 17.2 Å². The maximum absolute atomic E-state index is 5.46. The Balaban J connectivity index is 2.39. The minimum atomic E-state index is 0.0144. The third kappa shape index (κ3) is 3.52. The lowest BCUT2D eigenvalue weighted by atomic mass is 10.0. The van der Waals surface area contributed by atoms with E-state index in [9.17, 15) is 0 Å². The summed E-state index contributed by atoms with van der Waals surface area (Å²) in [6.45, 7) is 0. The molecule has 3 nitrogen and oxygen atoms in total. The first-order valence-corrected chi connectivity index (χ1v) is 8.01. The van der Waals surface area contributed by atoms with Gasteiger partial charge >= 0.3 is 0 Å². The first-order valence-electron chi connectivity index (χ1n) is 6.30. The molecule has 0 saturated heterocycles. The van der Waals surface area contributed by atoms with E-state index in [1.54, 1.807) is 21.3 Å². The summed E-state index contributed by atoms with van der Waals surface area (Å²) in [6, 6.07) is 11.8. The van der Waals surface area contributed by atoms with Gasteiger partial charge in [-0.2, -0.15) is 0 Å². The van der Waals surface area contributed by atoms with E-state index in [1.165, 1.54) is 0 Å². The van der Waals surface area contributed by atoms with E-state index in [4.69, 9.17) is 14.2 Å². The zero-order valence-electron chi connectivity index (χ0n) is 12.0. The van der Waals surface area contributed by atoms with Gasteiger partial charge in [0.25, 0.3) is 0 Å². The minimum absolute atomic E-state index is 0.0144. The molecular weight excluding hydrogens is 400 g/mol. The van der Waals surface area contributed by atoms with Crippen molar-refractivity contribution in [3.63, 3.8) is 0 Å². The highest BCUT2D eigenvalue weighted by atomic mass is 79.9. The molecule has 0 radical (unpaired) electrons. The van der Waals surface area contributed by atoms with E-state index >= 15 is 0 Å². The summed E-state index contributed by atoms with van der Waals surface area (Å²) in [5, 5.41) is 0. The molecule has 0 aliphatic heterocycles. The molecule has 0 heterocycles. The zero-order chi connectivity index (χ0) is 15.4. The molecule has 1 unspecified atom stereocenters. The second-order valence-corrected chi connectivity index (χ2v) is 6.13. The lowest BCUT2D eigenvalue weighted by Gasteiger charge is -2.16. The number of hydrogen-bond acceptors (Lipinski definition) is 3. The van der Waals surface area contributed by atoms with Gasteiger partial charge in [-0.3, -0.25) is 0 Å². The Bertz CT molecular complexity index is 629. The molecule has 0 amide bonds. The summed E-state index contributed by atoms with van der Waals surface area (Å²) in [5.74, 6) is 2.36. The molecule has 1 atom stereocenters. The Labute approximate surface area is 141 Å². The lowest BCUT2D eigenvalue weighted by molar-refractivity contribution is 0.391. The fourth-order valence-corrected chi connectivity index (χ4v) is 3.27. The number of methoxy groups -OCH3 is 3. The van der Waals surface area contributed by atoms with Crippen molar-refractivity contribution >= 4 is 31.9 Å². The highest BCUT2D eigenvalue weighted by Gasteiger charge is 2.17. The molecule has 0 spiro atoms. The molecule has 0 saturated carbocycles. The quantitative estimate of drug-likeness (QED) is 0.646. The number of alkyl halides is 1. The standard InChI is InChI=1S/C16H16Br2O3/c1-19-11-5-6-12(15(9-11)21-3)16(18)10-4-7-14(20-2)13(17)8-10/h4-9,16H,1-3H3. The second-order valence-electron chi connectivity index (χ2n) is 4.36. The van der Waals surface area contributed by atoms with Crippen LogP contribution in [0.1, 0.15) is 16.0 Å². The zero-order valence-corrected chi connectivity index (χ0v) is 15.2. The highest BCUT2D eigenvalue weighted by Crippen LogP contribution is 2.40. The number of rotatable bonds is 5. The molecule has 0 N–H and O–H groups in total. The average Bonchev–Trinajstić information content (AvgIpc) is 2.53. The molecule has 0 aliphatic rings. The van der Waals surface area contributed by atoms with Crippen LogP contribution in [-0.4, -0.2) is 21.3 Å². The van der Waals surface area contributed by atoms with E-state index in [2.05, 4.69) is 31.9 Å². The van der Waals surface area contributed by atoms with Crippen LogP contribution in [-0.2, 0) is 0 Å². The van der Waals surface area contributed by atoms with Crippen LogP contribution in [0.4, 0.5) is 0 Å². The van der Waals surface area contributed by atoms with Crippen molar-refractivity contribution in [3.05, 3.63) is 52.0 Å². The number of benzene rings is 2. The Morgan fingerprint density at radius 3 is 2.14 bits per heavy atom. The Morgan fingerprint density at radius 2 is 1.57 bits per heavy atom. The maximum Gasteiger partial charge on any atom is 0.133 e. The van der Waals surface area contributed by atoms with Crippen LogP contribution in [0.25, 0.3) is 0 Å². The van der Waals surface area contributed by atoms with Crippen LogP contribution in [0.2, 0.25) is 0 Å². The van der Waals surface area contributed by atoms with Gasteiger partial charge in [0.05, 0.1) is 30.6 Å². The van der Waals surface area contributed by atoms with Crippen molar-refractivity contribution in [1.29, 1.82) is 0 Å². The first kappa shape index (κ1) is 16.2. The third-order valence-electron chi connectivity index (χ3n) is 3.18. The molecule has 2 aromatic rings. The first-order chi connectivity index (χ1) is 10.1. The molecule has 112 valence electrons. The maximum atomic E-state index is 5.46. The van der Waals surface area contributed by atoms with Gasteiger partial charge in [-0.15, -0.1) is 0 Å². The Kier molecular flexibility index (Phi) is 5.53. The largest absolute Gasteiger partial charge is 0.497 e. The number of halogens is 2. The van der Waals surface area contributed by atoms with Crippen LogP contribution >= 0.6 is 31.9 Å². The summed E-state index contributed by atoms with van der Waals surface area (Å²) in [4.78, 5) is 0.0144. The van der Waals surface area contributed by atoms with Crippen molar-refractivity contribution in [2.75, 3.05) is 21.3 Å². The fraction of sp³-hybridized carbons (Fsp3) is 0.250. The predicted octanol–water partition coefficient (Wildman–Crippen LogP) is 4.96. The van der Waals surface area contributed by atoms with Gasteiger partial charge in [0, 0.05) is 11.6 Å². The summed E-state index contributed by atoms with van der Waals surface area (Å²) in [6.07, 6.45) is 0. The van der Waals surface area contributed by atoms with Crippen molar-refractivity contribution < 1.29 is 14.2 Å². The molecule has 0 bridgehead atoms. The monoisotopic (exact) mass is 414 g/mol. The number of hydrogen-bond donors (Lipinski definition) is 0. The van der Waals surface area contributed by atoms with E-state index < -0.39 is 0 Å². The predicted molar refractivity (Wildman–Crippen MR) is 91.0 cm³/mol. The molecule has 5 heteroatoms. The van der Waals surface area contributed by atoms with Crippen molar-refractivity contribution in [1.82, 2.24) is 0 Å². The van der Waals surface area contributed by atoms with E-state index in [1.807, 2.05) is 36.4 Å². The van der Waals surface area contributed by atoms with Gasteiger partial charge in [0.2, 0.25) is 0 Å². The van der Waals surface area contributed by atoms with Crippen LogP contribution in [0.15, 0.2) is 40.9 Å². The van der Waals surface area contributed by atoms with Crippen molar-refractivity contribution in [3.8, 4) is 17.2 Å². The summed E-state index contributed by atoms with van der Waals surface area (Å²) in [5.41, 5.74) is 2.14. The molecule has 0 aliphatic carbocycles. The summed E-state index contributed by atoms with van der Waals surface area (Å²) in [7, 11) is 4.94. The Hall–Kier alpha value is -1.20. The number of ether oxygens (including phenoxy) is 3. The lowest BCUT2D eigenvalue weighted by Crippen LogP contribution is -1.98. The molecule has 2 aromatic carbocycles. The summed E-state index contributed by atoms with van der Waals surface area (Å²) >= 11 is 7.24. The van der Waals surface area contributed by atoms with Gasteiger partial charge in [-0.25, -0.2) is 0 Å². The fourth-order valence-electron chi connectivity index (χ4n) is 2.05. The topological polar surface area (TPSA) is 27.7 Å². The molecule has 0 fully saturated rings. The molecular formula is C16H16Br2O3. The van der Waals surface area contributed by atoms with Gasteiger partial charge in [-0.1, -0.05) is 28.1 Å². The van der Waals surface area contributed by atoms with Gasteiger partial charge in [0.1, 0.15) is 17.2 Å². The van der Waals surface area contributed by atoms with Crippen molar-refractivity contribution in [2.45, 2.75) is 4.83 Å². The van der Waals surface area contributed by atoms with Gasteiger partial charge < -0.3 is 14.2 Å². The molecule has 2 rings (SSSR count). The van der Waals surface area contributed by atoms with Gasteiger partial charge in [0.15, 0.2) is 0 Å². The van der Waals surface area contributed by atoms with E-state index in [0.717, 1.165) is 32.8 Å². The van der Waals surface area contributed by atoms with Crippen LogP contribution in [0.3, 0.4) is 0 Å². The molecule has 21 heavy (non-hydrogen) atoms. The van der Waals surface area contributed by atoms with Crippen LogP contribution in [0, 0.1) is 0 Å². The Morgan fingerprint density at radius 1 is 0.857 bits per heavy atom. The second kappa shape index (κ2) is 7.18. The smallest absolute Gasteiger partial charge is 0.133 e. The SMILES string of the molecule is COc1ccc(C(Br)c2ccc(OC)c(Br)c2)c(OC)c1. The third-order valence-corrected chi connectivity index (χ3v) is 4.82. The van der Waals surface area contributed by atoms with Gasteiger partial charge in [-0.05, 0) is 39.7 Å². The van der Waals surface area contributed by atoms with Crippen molar-refractivity contribution in [2.24, 2.45) is 0 Å². The van der Waals surface area contributed by atoms with Crippen LogP contribution < -0.4 is 14.2 Å². The minimum Gasteiger partial charge on any atom is -0.497 e. The van der Waals surface area contributed by atoms with E-state index in [-0.39, 0.29) is 4.83 Å².